The van der Waals surface area contributed by atoms with Crippen LogP contribution in [0.2, 0.25) is 5.15 Å². The molecule has 2 aromatic carbocycles. The lowest BCUT2D eigenvalue weighted by Gasteiger charge is -2.14. The van der Waals surface area contributed by atoms with E-state index in [-0.39, 0.29) is 16.4 Å². The van der Waals surface area contributed by atoms with Crippen molar-refractivity contribution in [1.82, 2.24) is 4.98 Å². The second kappa shape index (κ2) is 7.49. The Morgan fingerprint density at radius 1 is 1.15 bits per heavy atom. The second-order valence-electron chi connectivity index (χ2n) is 5.56. The van der Waals surface area contributed by atoms with Gasteiger partial charge in [0.15, 0.2) is 6.10 Å². The average molecular weight is 373 g/mol. The number of anilines is 1. The molecule has 0 fully saturated rings. The van der Waals surface area contributed by atoms with Gasteiger partial charge in [-0.3, -0.25) is 4.79 Å². The molecule has 3 aromatic rings. The van der Waals surface area contributed by atoms with Gasteiger partial charge in [-0.15, -0.1) is 0 Å². The molecule has 1 N–H and O–H groups in total. The summed E-state index contributed by atoms with van der Waals surface area (Å²) in [5.41, 5.74) is 1.03. The monoisotopic (exact) mass is 372 g/mol. The number of para-hydroxylation sites is 1. The molecule has 5 nitrogen and oxygen atoms in total. The summed E-state index contributed by atoms with van der Waals surface area (Å²) in [7, 11) is 0. The van der Waals surface area contributed by atoms with E-state index in [2.05, 4.69) is 10.3 Å². The van der Waals surface area contributed by atoms with Crippen LogP contribution in [0.25, 0.3) is 10.9 Å². The summed E-state index contributed by atoms with van der Waals surface area (Å²) in [4.78, 5) is 28.8. The Morgan fingerprint density at radius 2 is 1.92 bits per heavy atom. The first-order valence-corrected chi connectivity index (χ1v) is 8.14. The standard InChI is InChI=1S/C19H14ClFN2O3/c1-11(18(24)22-13-6-4-5-12(21)9-13)26-19(25)15-10-17(20)23-16-8-3-2-7-14(15)16/h2-11H,1H3,(H,22,24)/t11-/m1/s1. The van der Waals surface area contributed by atoms with Gasteiger partial charge >= 0.3 is 5.97 Å². The number of esters is 1. The van der Waals surface area contributed by atoms with E-state index in [9.17, 15) is 14.0 Å². The van der Waals surface area contributed by atoms with Gasteiger partial charge in [0.2, 0.25) is 0 Å². The Hall–Kier alpha value is -2.99. The fourth-order valence-electron chi connectivity index (χ4n) is 2.40. The number of aromatic nitrogens is 1. The number of amides is 1. The average Bonchev–Trinajstić information content (AvgIpc) is 2.60. The van der Waals surface area contributed by atoms with Crippen LogP contribution in [0.15, 0.2) is 54.6 Å². The van der Waals surface area contributed by atoms with E-state index in [0.29, 0.717) is 10.9 Å². The molecule has 0 radical (unpaired) electrons. The zero-order valence-corrected chi connectivity index (χ0v) is 14.5. The van der Waals surface area contributed by atoms with Gasteiger partial charge in [0, 0.05) is 11.1 Å². The molecule has 0 aliphatic rings. The lowest BCUT2D eigenvalue weighted by molar-refractivity contribution is -0.123. The number of fused-ring (bicyclic) bond motifs is 1. The molecule has 0 saturated heterocycles. The van der Waals surface area contributed by atoms with Gasteiger partial charge in [-0.2, -0.15) is 0 Å². The first kappa shape index (κ1) is 17.8. The summed E-state index contributed by atoms with van der Waals surface area (Å²) in [5.74, 6) is -1.76. The van der Waals surface area contributed by atoms with E-state index < -0.39 is 23.8 Å². The number of carbonyl (C=O) groups excluding carboxylic acids is 2. The number of nitrogens with one attached hydrogen (secondary N) is 1. The maximum absolute atomic E-state index is 13.2. The van der Waals surface area contributed by atoms with Crippen LogP contribution in [-0.4, -0.2) is 23.0 Å². The fraction of sp³-hybridized carbons (Fsp3) is 0.105. The van der Waals surface area contributed by atoms with Crippen molar-refractivity contribution in [2.75, 3.05) is 5.32 Å². The number of nitrogens with zero attached hydrogens (tertiary/aromatic N) is 1. The van der Waals surface area contributed by atoms with Crippen molar-refractivity contribution in [2.24, 2.45) is 0 Å². The van der Waals surface area contributed by atoms with Crippen LogP contribution in [0.5, 0.6) is 0 Å². The molecule has 0 saturated carbocycles. The summed E-state index contributed by atoms with van der Waals surface area (Å²) in [6, 6.07) is 13.8. The SMILES string of the molecule is C[C@@H](OC(=O)c1cc(Cl)nc2ccccc12)C(=O)Nc1cccc(F)c1. The van der Waals surface area contributed by atoms with Gasteiger partial charge in [0.1, 0.15) is 11.0 Å². The van der Waals surface area contributed by atoms with Crippen LogP contribution in [0, 0.1) is 5.82 Å². The molecule has 1 heterocycles. The van der Waals surface area contributed by atoms with Crippen LogP contribution in [0.3, 0.4) is 0 Å². The molecular formula is C19H14ClFN2O3. The molecule has 1 aromatic heterocycles. The van der Waals surface area contributed by atoms with E-state index >= 15 is 0 Å². The lowest BCUT2D eigenvalue weighted by Crippen LogP contribution is -2.30. The highest BCUT2D eigenvalue weighted by molar-refractivity contribution is 6.30. The van der Waals surface area contributed by atoms with E-state index in [1.807, 2.05) is 0 Å². The van der Waals surface area contributed by atoms with Crippen LogP contribution in [0.1, 0.15) is 17.3 Å². The Labute approximate surface area is 153 Å². The van der Waals surface area contributed by atoms with E-state index in [4.69, 9.17) is 16.3 Å². The lowest BCUT2D eigenvalue weighted by atomic mass is 10.1. The summed E-state index contributed by atoms with van der Waals surface area (Å²) in [5, 5.41) is 3.21. The Balaban J connectivity index is 1.76. The van der Waals surface area contributed by atoms with Crippen molar-refractivity contribution in [1.29, 1.82) is 0 Å². The number of hydrogen-bond acceptors (Lipinski definition) is 4. The van der Waals surface area contributed by atoms with Gasteiger partial charge in [0.05, 0.1) is 11.1 Å². The van der Waals surface area contributed by atoms with Crippen molar-refractivity contribution in [3.8, 4) is 0 Å². The van der Waals surface area contributed by atoms with Crippen molar-refractivity contribution in [2.45, 2.75) is 13.0 Å². The number of rotatable bonds is 4. The number of hydrogen-bond donors (Lipinski definition) is 1. The van der Waals surface area contributed by atoms with Gasteiger partial charge in [-0.05, 0) is 37.3 Å². The second-order valence-corrected chi connectivity index (χ2v) is 5.94. The predicted molar refractivity (Wildman–Crippen MR) is 96.7 cm³/mol. The quantitative estimate of drug-likeness (QED) is 0.550. The molecule has 0 aliphatic carbocycles. The minimum Gasteiger partial charge on any atom is -0.449 e. The third-order valence-electron chi connectivity index (χ3n) is 3.65. The number of ether oxygens (including phenoxy) is 1. The highest BCUT2D eigenvalue weighted by Crippen LogP contribution is 2.22. The minimum absolute atomic E-state index is 0.146. The van der Waals surface area contributed by atoms with Gasteiger partial charge in [-0.25, -0.2) is 14.2 Å². The van der Waals surface area contributed by atoms with E-state index in [1.54, 1.807) is 24.3 Å². The van der Waals surface area contributed by atoms with Crippen LogP contribution in [-0.2, 0) is 9.53 Å². The fourth-order valence-corrected chi connectivity index (χ4v) is 2.60. The van der Waals surface area contributed by atoms with Crippen LogP contribution < -0.4 is 5.32 Å². The third kappa shape index (κ3) is 3.97. The highest BCUT2D eigenvalue weighted by Gasteiger charge is 2.21. The molecule has 3 rings (SSSR count). The normalized spacial score (nSPS) is 11.8. The van der Waals surface area contributed by atoms with Gasteiger partial charge in [0.25, 0.3) is 5.91 Å². The summed E-state index contributed by atoms with van der Waals surface area (Å²) < 4.78 is 18.4. The largest absolute Gasteiger partial charge is 0.449 e. The Bertz CT molecular complexity index is 993. The van der Waals surface area contributed by atoms with E-state index in [0.717, 1.165) is 0 Å². The maximum atomic E-state index is 13.2. The molecule has 1 atom stereocenters. The Kier molecular flexibility index (Phi) is 5.14. The number of halogens is 2. The smallest absolute Gasteiger partial charge is 0.339 e. The zero-order valence-electron chi connectivity index (χ0n) is 13.7. The van der Waals surface area contributed by atoms with Gasteiger partial charge < -0.3 is 10.1 Å². The van der Waals surface area contributed by atoms with Gasteiger partial charge in [-0.1, -0.05) is 35.9 Å². The molecular weight excluding hydrogens is 359 g/mol. The summed E-state index contributed by atoms with van der Waals surface area (Å²) in [6.07, 6.45) is -1.09. The topological polar surface area (TPSA) is 68.3 Å². The Morgan fingerprint density at radius 3 is 2.69 bits per heavy atom. The first-order valence-electron chi connectivity index (χ1n) is 7.77. The summed E-state index contributed by atoms with van der Waals surface area (Å²) in [6.45, 7) is 1.43. The highest BCUT2D eigenvalue weighted by atomic mass is 35.5. The van der Waals surface area contributed by atoms with Crippen molar-refractivity contribution < 1.29 is 18.7 Å². The van der Waals surface area contributed by atoms with E-state index in [1.165, 1.54) is 37.3 Å². The number of benzene rings is 2. The molecule has 0 aliphatic heterocycles. The van der Waals surface area contributed by atoms with Crippen molar-refractivity contribution in [3.05, 3.63) is 71.1 Å². The van der Waals surface area contributed by atoms with Crippen LogP contribution >= 0.6 is 11.6 Å². The molecule has 7 heteroatoms. The van der Waals surface area contributed by atoms with Crippen molar-refractivity contribution in [3.63, 3.8) is 0 Å². The maximum Gasteiger partial charge on any atom is 0.339 e. The molecule has 132 valence electrons. The molecule has 26 heavy (non-hydrogen) atoms. The minimum atomic E-state index is -1.09. The summed E-state index contributed by atoms with van der Waals surface area (Å²) >= 11 is 5.96. The third-order valence-corrected chi connectivity index (χ3v) is 3.84. The first-order chi connectivity index (χ1) is 12.4. The van der Waals surface area contributed by atoms with Crippen molar-refractivity contribution >= 4 is 40.1 Å². The molecule has 1 amide bonds. The number of pyridine rings is 1. The molecule has 0 spiro atoms. The van der Waals surface area contributed by atoms with Crippen LogP contribution in [0.4, 0.5) is 10.1 Å². The molecule has 0 unspecified atom stereocenters. The molecule has 0 bridgehead atoms. The predicted octanol–water partition coefficient (Wildman–Crippen LogP) is 4.21. The zero-order chi connectivity index (χ0) is 18.7. The number of carbonyl (C=O) groups is 2.